The van der Waals surface area contributed by atoms with Gasteiger partial charge in [-0.2, -0.15) is 13.2 Å². The van der Waals surface area contributed by atoms with E-state index in [1.807, 2.05) is 0 Å². The van der Waals surface area contributed by atoms with Gasteiger partial charge >= 0.3 is 12.1 Å². The Morgan fingerprint density at radius 2 is 1.83 bits per heavy atom. The summed E-state index contributed by atoms with van der Waals surface area (Å²) in [6, 6.07) is 8.65. The van der Waals surface area contributed by atoms with Crippen LogP contribution in [0.4, 0.5) is 13.2 Å². The highest BCUT2D eigenvalue weighted by molar-refractivity contribution is 5.78. The number of halogens is 3. The van der Waals surface area contributed by atoms with E-state index in [9.17, 15) is 18.0 Å². The number of carbonyl (C=O) groups is 1. The van der Waals surface area contributed by atoms with Crippen LogP contribution in [-0.4, -0.2) is 18.2 Å². The predicted molar refractivity (Wildman–Crippen MR) is 61.1 cm³/mol. The molecule has 2 unspecified atom stereocenters. The molecule has 0 aromatic heterocycles. The molecule has 1 aromatic carbocycles. The summed E-state index contributed by atoms with van der Waals surface area (Å²) in [5.41, 5.74) is 0.666. The molecule has 0 spiro atoms. The minimum absolute atomic E-state index is 0.396. The smallest absolute Gasteiger partial charge is 0.425 e. The molecule has 0 heterocycles. The highest BCUT2D eigenvalue weighted by Crippen LogP contribution is 2.26. The maximum atomic E-state index is 12.3. The number of ether oxygens (including phenoxy) is 1. The van der Waals surface area contributed by atoms with E-state index in [0.717, 1.165) is 6.92 Å². The molecule has 100 valence electrons. The minimum atomic E-state index is -4.52. The summed E-state index contributed by atoms with van der Waals surface area (Å²) in [4.78, 5) is 11.7. The second kappa shape index (κ2) is 5.89. The summed E-state index contributed by atoms with van der Waals surface area (Å²) in [5, 5.41) is 0. The fraction of sp³-hybridized carbons (Fsp3) is 0.462. The second-order valence-electron chi connectivity index (χ2n) is 3.99. The summed E-state index contributed by atoms with van der Waals surface area (Å²) >= 11 is 0. The highest BCUT2D eigenvalue weighted by Gasteiger charge is 2.40. The minimum Gasteiger partial charge on any atom is -0.453 e. The molecule has 0 aliphatic carbocycles. The third kappa shape index (κ3) is 3.75. The zero-order valence-corrected chi connectivity index (χ0v) is 10.2. The Kier molecular flexibility index (Phi) is 4.76. The number of alkyl halides is 3. The van der Waals surface area contributed by atoms with E-state index in [1.165, 1.54) is 0 Å². The molecule has 0 bridgehead atoms. The average Bonchev–Trinajstić information content (AvgIpc) is 2.30. The van der Waals surface area contributed by atoms with Gasteiger partial charge in [-0.15, -0.1) is 0 Å². The van der Waals surface area contributed by atoms with Gasteiger partial charge in [0.2, 0.25) is 0 Å². The van der Waals surface area contributed by atoms with Crippen molar-refractivity contribution in [3.05, 3.63) is 35.9 Å². The van der Waals surface area contributed by atoms with Crippen molar-refractivity contribution < 1.29 is 22.7 Å². The standard InChI is InChI=1S/C13H15F3O2/c1-3-11(10-7-5-4-6-8-10)12(17)18-9(2)13(14,15)16/h4-9,11H,3H2,1-2H3. The normalized spacial score (nSPS) is 14.9. The van der Waals surface area contributed by atoms with E-state index >= 15 is 0 Å². The van der Waals surface area contributed by atoms with Gasteiger partial charge in [0.1, 0.15) is 0 Å². The largest absolute Gasteiger partial charge is 0.453 e. The number of esters is 1. The zero-order valence-electron chi connectivity index (χ0n) is 10.2. The molecule has 0 saturated heterocycles. The first kappa shape index (κ1) is 14.5. The lowest BCUT2D eigenvalue weighted by atomic mass is 9.97. The number of hydrogen-bond donors (Lipinski definition) is 0. The molecule has 0 amide bonds. The lowest BCUT2D eigenvalue weighted by Crippen LogP contribution is -2.32. The lowest BCUT2D eigenvalue weighted by molar-refractivity contribution is -0.217. The van der Waals surface area contributed by atoms with Gasteiger partial charge in [0.05, 0.1) is 5.92 Å². The Morgan fingerprint density at radius 1 is 1.28 bits per heavy atom. The Balaban J connectivity index is 2.76. The van der Waals surface area contributed by atoms with Gasteiger partial charge < -0.3 is 4.74 Å². The third-order valence-electron chi connectivity index (χ3n) is 2.65. The van der Waals surface area contributed by atoms with Crippen molar-refractivity contribution >= 4 is 5.97 Å². The van der Waals surface area contributed by atoms with Crippen LogP contribution in [0.2, 0.25) is 0 Å². The zero-order chi connectivity index (χ0) is 13.8. The first-order chi connectivity index (χ1) is 8.36. The number of benzene rings is 1. The summed E-state index contributed by atoms with van der Waals surface area (Å²) in [5.74, 6) is -1.50. The van der Waals surface area contributed by atoms with Gasteiger partial charge in [-0.25, -0.2) is 0 Å². The Bertz CT molecular complexity index is 387. The van der Waals surface area contributed by atoms with E-state index in [0.29, 0.717) is 12.0 Å². The summed E-state index contributed by atoms with van der Waals surface area (Å²) in [6.07, 6.45) is -6.21. The van der Waals surface area contributed by atoms with Crippen molar-refractivity contribution in [3.8, 4) is 0 Å². The molecule has 5 heteroatoms. The molecule has 0 saturated carbocycles. The molecule has 0 radical (unpaired) electrons. The summed E-state index contributed by atoms with van der Waals surface area (Å²) in [6.45, 7) is 2.56. The Hall–Kier alpha value is -1.52. The molecule has 0 aliphatic rings. The number of rotatable bonds is 4. The van der Waals surface area contributed by atoms with Crippen LogP contribution in [0.15, 0.2) is 30.3 Å². The molecule has 18 heavy (non-hydrogen) atoms. The maximum Gasteiger partial charge on any atom is 0.425 e. The fourth-order valence-corrected chi connectivity index (χ4v) is 1.55. The van der Waals surface area contributed by atoms with Crippen molar-refractivity contribution in [1.29, 1.82) is 0 Å². The van der Waals surface area contributed by atoms with Gasteiger partial charge in [0.15, 0.2) is 6.10 Å². The van der Waals surface area contributed by atoms with Gasteiger partial charge in [-0.05, 0) is 18.9 Å². The van der Waals surface area contributed by atoms with Crippen LogP contribution >= 0.6 is 0 Å². The van der Waals surface area contributed by atoms with Crippen LogP contribution in [0.1, 0.15) is 31.7 Å². The summed E-state index contributed by atoms with van der Waals surface area (Å²) in [7, 11) is 0. The summed E-state index contributed by atoms with van der Waals surface area (Å²) < 4.78 is 41.4. The van der Waals surface area contributed by atoms with Gasteiger partial charge in [0, 0.05) is 0 Å². The number of hydrogen-bond acceptors (Lipinski definition) is 2. The maximum absolute atomic E-state index is 12.3. The van der Waals surface area contributed by atoms with Crippen LogP contribution < -0.4 is 0 Å². The van der Waals surface area contributed by atoms with Crippen LogP contribution in [0.5, 0.6) is 0 Å². The average molecular weight is 260 g/mol. The highest BCUT2D eigenvalue weighted by atomic mass is 19.4. The van der Waals surface area contributed by atoms with Crippen LogP contribution in [0.25, 0.3) is 0 Å². The van der Waals surface area contributed by atoms with Crippen molar-refractivity contribution in [3.63, 3.8) is 0 Å². The quantitative estimate of drug-likeness (QED) is 0.772. The van der Waals surface area contributed by atoms with Crippen LogP contribution in [-0.2, 0) is 9.53 Å². The van der Waals surface area contributed by atoms with E-state index < -0.39 is 24.2 Å². The molecular formula is C13H15F3O2. The monoisotopic (exact) mass is 260 g/mol. The van der Waals surface area contributed by atoms with E-state index in [4.69, 9.17) is 0 Å². The molecular weight excluding hydrogens is 245 g/mol. The van der Waals surface area contributed by atoms with E-state index in [2.05, 4.69) is 4.74 Å². The molecule has 0 fully saturated rings. The van der Waals surface area contributed by atoms with Gasteiger partial charge in [-0.1, -0.05) is 37.3 Å². The molecule has 0 N–H and O–H groups in total. The van der Waals surface area contributed by atoms with Crippen molar-refractivity contribution in [2.75, 3.05) is 0 Å². The topological polar surface area (TPSA) is 26.3 Å². The molecule has 1 aromatic rings. The van der Waals surface area contributed by atoms with Crippen LogP contribution in [0, 0.1) is 0 Å². The first-order valence-corrected chi connectivity index (χ1v) is 5.68. The fourth-order valence-electron chi connectivity index (χ4n) is 1.55. The van der Waals surface area contributed by atoms with Gasteiger partial charge in [-0.3, -0.25) is 4.79 Å². The molecule has 0 aliphatic heterocycles. The Morgan fingerprint density at radius 3 is 2.28 bits per heavy atom. The lowest BCUT2D eigenvalue weighted by Gasteiger charge is -2.20. The SMILES string of the molecule is CCC(C(=O)OC(C)C(F)(F)F)c1ccccc1. The molecule has 1 rings (SSSR count). The van der Waals surface area contributed by atoms with Crippen LogP contribution in [0.3, 0.4) is 0 Å². The van der Waals surface area contributed by atoms with Crippen molar-refractivity contribution in [1.82, 2.24) is 0 Å². The Labute approximate surface area is 104 Å². The van der Waals surface area contributed by atoms with Gasteiger partial charge in [0.25, 0.3) is 0 Å². The number of carbonyl (C=O) groups excluding carboxylic acids is 1. The van der Waals surface area contributed by atoms with E-state index in [-0.39, 0.29) is 0 Å². The third-order valence-corrected chi connectivity index (χ3v) is 2.65. The molecule has 2 atom stereocenters. The molecule has 2 nitrogen and oxygen atoms in total. The van der Waals surface area contributed by atoms with E-state index in [1.54, 1.807) is 37.3 Å². The van der Waals surface area contributed by atoms with Crippen molar-refractivity contribution in [2.45, 2.75) is 38.5 Å². The predicted octanol–water partition coefficient (Wildman–Crippen LogP) is 3.67. The van der Waals surface area contributed by atoms with Crippen molar-refractivity contribution in [2.24, 2.45) is 0 Å². The first-order valence-electron chi connectivity index (χ1n) is 5.68. The second-order valence-corrected chi connectivity index (χ2v) is 3.99.